The Labute approximate surface area is 81.8 Å². The summed E-state index contributed by atoms with van der Waals surface area (Å²) < 4.78 is 15.8. The SMILES string of the molecule is [c]1ccc(C23CO[C](OC2)OC3)nc1. The molecule has 2 bridgehead atoms. The van der Waals surface area contributed by atoms with Crippen molar-refractivity contribution in [2.45, 2.75) is 5.41 Å². The molecule has 0 unspecified atom stereocenters. The second-order valence-electron chi connectivity index (χ2n) is 3.54. The maximum absolute atomic E-state index is 5.26. The number of hydrogen-bond donors (Lipinski definition) is 0. The third kappa shape index (κ3) is 1.15. The fourth-order valence-electron chi connectivity index (χ4n) is 1.70. The van der Waals surface area contributed by atoms with Crippen molar-refractivity contribution >= 4 is 0 Å². The van der Waals surface area contributed by atoms with Gasteiger partial charge in [-0.3, -0.25) is 4.98 Å². The summed E-state index contributed by atoms with van der Waals surface area (Å²) in [5.41, 5.74) is 0.701. The standard InChI is InChI=1S/C10H9NO3/c1-2-4-11-8(3-1)10-5-12-9(13-6-10)14-7-10/h1,3-4H,5-7H2. The van der Waals surface area contributed by atoms with E-state index in [1.54, 1.807) is 6.20 Å². The van der Waals surface area contributed by atoms with Crippen molar-refractivity contribution in [1.82, 2.24) is 4.98 Å². The summed E-state index contributed by atoms with van der Waals surface area (Å²) in [6, 6.07) is 6.65. The van der Waals surface area contributed by atoms with E-state index in [0.717, 1.165) is 5.69 Å². The topological polar surface area (TPSA) is 40.6 Å². The molecule has 1 aromatic heterocycles. The van der Waals surface area contributed by atoms with E-state index in [-0.39, 0.29) is 5.41 Å². The molecular weight excluding hydrogens is 182 g/mol. The summed E-state index contributed by atoms with van der Waals surface area (Å²) in [6.07, 6.45) is 1.65. The zero-order valence-corrected chi connectivity index (χ0v) is 7.53. The molecular formula is C10H9NO3. The van der Waals surface area contributed by atoms with Crippen LogP contribution in [0.5, 0.6) is 0 Å². The quantitative estimate of drug-likeness (QED) is 0.653. The summed E-state index contributed by atoms with van der Waals surface area (Å²) in [5.74, 6) is 0. The highest BCUT2D eigenvalue weighted by Crippen LogP contribution is 2.36. The molecule has 2 radical (unpaired) electrons. The summed E-state index contributed by atoms with van der Waals surface area (Å²) in [6.45, 7) is 2.05. The highest BCUT2D eigenvalue weighted by Gasteiger charge is 2.47. The van der Waals surface area contributed by atoms with Crippen LogP contribution in [0.2, 0.25) is 0 Å². The molecule has 4 rings (SSSR count). The fraction of sp³-hybridized carbons (Fsp3) is 0.400. The molecule has 0 N–H and O–H groups in total. The molecule has 3 fully saturated rings. The first kappa shape index (κ1) is 8.35. The van der Waals surface area contributed by atoms with Gasteiger partial charge < -0.3 is 14.2 Å². The zero-order chi connectivity index (χ0) is 9.43. The Morgan fingerprint density at radius 1 is 1.21 bits per heavy atom. The van der Waals surface area contributed by atoms with Gasteiger partial charge in [0.2, 0.25) is 0 Å². The molecule has 4 heterocycles. The summed E-state index contributed by atoms with van der Waals surface area (Å²) in [4.78, 5) is 4.27. The Morgan fingerprint density at radius 3 is 2.50 bits per heavy atom. The third-order valence-corrected chi connectivity index (χ3v) is 2.56. The summed E-state index contributed by atoms with van der Waals surface area (Å²) in [5, 5.41) is 0. The molecule has 0 aliphatic carbocycles. The van der Waals surface area contributed by atoms with Gasteiger partial charge in [0.15, 0.2) is 0 Å². The van der Waals surface area contributed by atoms with Crippen LogP contribution in [0.4, 0.5) is 0 Å². The van der Waals surface area contributed by atoms with Crippen LogP contribution in [-0.4, -0.2) is 24.8 Å². The largest absolute Gasteiger partial charge is 0.370 e. The Hall–Kier alpha value is -0.970. The average Bonchev–Trinajstić information content (AvgIpc) is 2.33. The van der Waals surface area contributed by atoms with E-state index < -0.39 is 0 Å². The normalized spacial score (nSPS) is 25.1. The lowest BCUT2D eigenvalue weighted by molar-refractivity contribution is -0.293. The number of ether oxygens (including phenoxy) is 3. The van der Waals surface area contributed by atoms with Crippen molar-refractivity contribution in [2.75, 3.05) is 19.8 Å². The number of aromatic nitrogens is 1. The van der Waals surface area contributed by atoms with Crippen molar-refractivity contribution < 1.29 is 14.2 Å². The van der Waals surface area contributed by atoms with Crippen LogP contribution in [0.3, 0.4) is 0 Å². The Bertz CT molecular complexity index is 306. The highest BCUT2D eigenvalue weighted by atomic mass is 16.9. The Kier molecular flexibility index (Phi) is 1.80. The fourth-order valence-corrected chi connectivity index (χ4v) is 1.70. The van der Waals surface area contributed by atoms with Gasteiger partial charge in [-0.25, -0.2) is 0 Å². The van der Waals surface area contributed by atoms with Gasteiger partial charge in [-0.2, -0.15) is 0 Å². The van der Waals surface area contributed by atoms with E-state index in [1.165, 1.54) is 0 Å². The number of pyridine rings is 1. The zero-order valence-electron chi connectivity index (χ0n) is 7.53. The van der Waals surface area contributed by atoms with Gasteiger partial charge in [0.25, 0.3) is 0 Å². The van der Waals surface area contributed by atoms with Crippen LogP contribution in [0.1, 0.15) is 5.69 Å². The molecule has 0 saturated carbocycles. The lowest BCUT2D eigenvalue weighted by Crippen LogP contribution is -2.52. The minimum atomic E-state index is -0.239. The number of nitrogens with zero attached hydrogens (tertiary/aromatic N) is 1. The minimum Gasteiger partial charge on any atom is -0.320 e. The van der Waals surface area contributed by atoms with E-state index >= 15 is 0 Å². The van der Waals surface area contributed by atoms with Gasteiger partial charge in [0.05, 0.1) is 30.9 Å². The molecule has 4 heteroatoms. The van der Waals surface area contributed by atoms with Gasteiger partial charge in [0, 0.05) is 12.3 Å². The Morgan fingerprint density at radius 2 is 1.93 bits per heavy atom. The molecule has 3 aliphatic heterocycles. The molecule has 0 spiro atoms. The first-order valence-corrected chi connectivity index (χ1v) is 4.47. The van der Waals surface area contributed by atoms with Crippen LogP contribution in [0, 0.1) is 12.5 Å². The third-order valence-electron chi connectivity index (χ3n) is 2.56. The van der Waals surface area contributed by atoms with E-state index in [0.29, 0.717) is 26.3 Å². The minimum absolute atomic E-state index is 0.239. The van der Waals surface area contributed by atoms with Crippen LogP contribution in [0.15, 0.2) is 18.3 Å². The monoisotopic (exact) mass is 191 g/mol. The number of fused-ring (bicyclic) bond motifs is 3. The van der Waals surface area contributed by atoms with Gasteiger partial charge in [-0.15, -0.1) is 0 Å². The van der Waals surface area contributed by atoms with Crippen molar-refractivity contribution in [3.05, 3.63) is 36.6 Å². The molecule has 4 nitrogen and oxygen atoms in total. The van der Waals surface area contributed by atoms with Crippen molar-refractivity contribution in [2.24, 2.45) is 0 Å². The molecule has 0 amide bonds. The summed E-state index contributed by atoms with van der Waals surface area (Å²) in [7, 11) is 0. The smallest absolute Gasteiger partial charge is 0.320 e. The van der Waals surface area contributed by atoms with Gasteiger partial charge >= 0.3 is 6.48 Å². The van der Waals surface area contributed by atoms with Crippen LogP contribution in [-0.2, 0) is 19.6 Å². The molecule has 1 aromatic rings. The van der Waals surface area contributed by atoms with Gasteiger partial charge in [-0.1, -0.05) is 6.07 Å². The number of rotatable bonds is 1. The second-order valence-corrected chi connectivity index (χ2v) is 3.54. The molecule has 3 aliphatic rings. The molecule has 72 valence electrons. The predicted molar refractivity (Wildman–Crippen MR) is 45.9 cm³/mol. The summed E-state index contributed by atoms with van der Waals surface area (Å²) >= 11 is 0. The van der Waals surface area contributed by atoms with E-state index in [4.69, 9.17) is 14.2 Å². The van der Waals surface area contributed by atoms with Gasteiger partial charge in [-0.05, 0) is 6.07 Å². The maximum atomic E-state index is 5.26. The van der Waals surface area contributed by atoms with Crippen LogP contribution >= 0.6 is 0 Å². The lowest BCUT2D eigenvalue weighted by Gasteiger charge is -2.43. The first-order valence-electron chi connectivity index (χ1n) is 4.47. The van der Waals surface area contributed by atoms with Crippen LogP contribution in [0.25, 0.3) is 0 Å². The first-order chi connectivity index (χ1) is 6.89. The molecule has 0 aromatic carbocycles. The van der Waals surface area contributed by atoms with Crippen molar-refractivity contribution in [3.8, 4) is 0 Å². The Balaban J connectivity index is 1.96. The maximum Gasteiger partial charge on any atom is 0.370 e. The van der Waals surface area contributed by atoms with E-state index in [9.17, 15) is 0 Å². The van der Waals surface area contributed by atoms with Crippen LogP contribution < -0.4 is 0 Å². The number of hydrogen-bond acceptors (Lipinski definition) is 4. The molecule has 3 saturated heterocycles. The second kappa shape index (κ2) is 3.02. The molecule has 14 heavy (non-hydrogen) atoms. The van der Waals surface area contributed by atoms with E-state index in [1.807, 2.05) is 12.1 Å². The van der Waals surface area contributed by atoms with Crippen molar-refractivity contribution in [3.63, 3.8) is 0 Å². The highest BCUT2D eigenvalue weighted by molar-refractivity contribution is 5.19. The van der Waals surface area contributed by atoms with Gasteiger partial charge in [0.1, 0.15) is 0 Å². The van der Waals surface area contributed by atoms with E-state index in [2.05, 4.69) is 11.1 Å². The predicted octanol–water partition coefficient (Wildman–Crippen LogP) is 0.644. The average molecular weight is 191 g/mol. The van der Waals surface area contributed by atoms with Crippen molar-refractivity contribution in [1.29, 1.82) is 0 Å². The molecule has 0 atom stereocenters. The lowest BCUT2D eigenvalue weighted by atomic mass is 9.85.